The molecule has 4 heteroatoms. The maximum absolute atomic E-state index is 11.1. The Labute approximate surface area is 115 Å². The topological polar surface area (TPSA) is 47.6 Å². The molecule has 0 radical (unpaired) electrons. The number of rotatable bonds is 6. The summed E-state index contributed by atoms with van der Waals surface area (Å²) in [7, 11) is 0. The second-order valence-electron chi connectivity index (χ2n) is 5.34. The number of esters is 1. The van der Waals surface area contributed by atoms with Gasteiger partial charge in [0.25, 0.3) is 0 Å². The van der Waals surface area contributed by atoms with Crippen LogP contribution in [0.25, 0.3) is 0 Å². The lowest BCUT2D eigenvalue weighted by atomic mass is 10.1. The lowest BCUT2D eigenvalue weighted by molar-refractivity contribution is -0.145. The zero-order valence-corrected chi connectivity index (χ0v) is 12.2. The normalized spacial score (nSPS) is 11.2. The largest absolute Gasteiger partial charge is 0.482 e. The van der Waals surface area contributed by atoms with Crippen molar-refractivity contribution in [3.63, 3.8) is 0 Å². The van der Waals surface area contributed by atoms with Gasteiger partial charge in [-0.2, -0.15) is 0 Å². The summed E-state index contributed by atoms with van der Waals surface area (Å²) < 4.78 is 10.1. The second kappa shape index (κ2) is 7.14. The van der Waals surface area contributed by atoms with Crippen LogP contribution in [0.15, 0.2) is 24.3 Å². The minimum absolute atomic E-state index is 0.0482. The van der Waals surface area contributed by atoms with Gasteiger partial charge in [-0.1, -0.05) is 12.1 Å². The molecule has 0 spiro atoms. The summed E-state index contributed by atoms with van der Waals surface area (Å²) in [6.45, 7) is 9.29. The van der Waals surface area contributed by atoms with E-state index in [0.29, 0.717) is 12.4 Å². The van der Waals surface area contributed by atoms with Gasteiger partial charge in [-0.05, 0) is 45.4 Å². The van der Waals surface area contributed by atoms with Crippen LogP contribution in [0.3, 0.4) is 0 Å². The van der Waals surface area contributed by atoms with E-state index in [2.05, 4.69) is 26.1 Å². The average Bonchev–Trinajstić information content (AvgIpc) is 2.34. The van der Waals surface area contributed by atoms with Gasteiger partial charge in [0, 0.05) is 12.1 Å². The van der Waals surface area contributed by atoms with Gasteiger partial charge in [0.15, 0.2) is 6.61 Å². The molecule has 0 unspecified atom stereocenters. The molecule has 0 aliphatic heterocycles. The van der Waals surface area contributed by atoms with Crippen LogP contribution in [0.1, 0.15) is 33.3 Å². The fraction of sp³-hybridized carbons (Fsp3) is 0.533. The molecule has 0 aromatic heterocycles. The summed E-state index contributed by atoms with van der Waals surface area (Å²) in [5, 5.41) is 3.41. The van der Waals surface area contributed by atoms with E-state index in [1.807, 2.05) is 24.3 Å². The highest BCUT2D eigenvalue weighted by Crippen LogP contribution is 2.13. The van der Waals surface area contributed by atoms with E-state index in [0.717, 1.165) is 6.54 Å². The monoisotopic (exact) mass is 265 g/mol. The van der Waals surface area contributed by atoms with E-state index in [-0.39, 0.29) is 18.1 Å². The third-order valence-corrected chi connectivity index (χ3v) is 2.41. The van der Waals surface area contributed by atoms with Crippen molar-refractivity contribution in [2.75, 3.05) is 13.2 Å². The van der Waals surface area contributed by atoms with Gasteiger partial charge < -0.3 is 14.8 Å². The number of nitrogens with one attached hydrogen (secondary N) is 1. The Morgan fingerprint density at radius 3 is 2.37 bits per heavy atom. The standard InChI is InChI=1S/C15H23NO3/c1-5-18-14(17)11-19-13-8-6-12(7-9-13)10-16-15(2,3)4/h6-9,16H,5,10-11H2,1-4H3. The van der Waals surface area contributed by atoms with Gasteiger partial charge >= 0.3 is 5.97 Å². The summed E-state index contributed by atoms with van der Waals surface area (Å²) in [5.74, 6) is 0.327. The Kier molecular flexibility index (Phi) is 5.83. The molecule has 0 aliphatic carbocycles. The third kappa shape index (κ3) is 6.82. The quantitative estimate of drug-likeness (QED) is 0.803. The van der Waals surface area contributed by atoms with Crippen LogP contribution in [-0.2, 0) is 16.1 Å². The highest BCUT2D eigenvalue weighted by atomic mass is 16.6. The first-order chi connectivity index (χ1) is 8.90. The van der Waals surface area contributed by atoms with E-state index in [9.17, 15) is 4.79 Å². The average molecular weight is 265 g/mol. The summed E-state index contributed by atoms with van der Waals surface area (Å²) in [6.07, 6.45) is 0. The van der Waals surface area contributed by atoms with E-state index in [1.54, 1.807) is 6.92 Å². The highest BCUT2D eigenvalue weighted by molar-refractivity contribution is 5.71. The Morgan fingerprint density at radius 1 is 1.21 bits per heavy atom. The second-order valence-corrected chi connectivity index (χ2v) is 5.34. The van der Waals surface area contributed by atoms with Crippen LogP contribution in [0.2, 0.25) is 0 Å². The predicted octanol–water partition coefficient (Wildman–Crippen LogP) is 2.52. The van der Waals surface area contributed by atoms with Crippen LogP contribution in [0.5, 0.6) is 5.75 Å². The van der Waals surface area contributed by atoms with Gasteiger partial charge in [-0.15, -0.1) is 0 Å². The first-order valence-electron chi connectivity index (χ1n) is 6.53. The molecule has 0 saturated carbocycles. The zero-order chi connectivity index (χ0) is 14.3. The van der Waals surface area contributed by atoms with Crippen molar-refractivity contribution >= 4 is 5.97 Å². The fourth-order valence-electron chi connectivity index (χ4n) is 1.42. The molecule has 0 aliphatic rings. The number of benzene rings is 1. The van der Waals surface area contributed by atoms with Crippen molar-refractivity contribution in [3.05, 3.63) is 29.8 Å². The minimum Gasteiger partial charge on any atom is -0.482 e. The molecule has 106 valence electrons. The molecule has 19 heavy (non-hydrogen) atoms. The summed E-state index contributed by atoms with van der Waals surface area (Å²) in [5.41, 5.74) is 1.28. The van der Waals surface area contributed by atoms with Crippen molar-refractivity contribution < 1.29 is 14.3 Å². The first kappa shape index (κ1) is 15.5. The van der Waals surface area contributed by atoms with Crippen molar-refractivity contribution in [1.82, 2.24) is 5.32 Å². The van der Waals surface area contributed by atoms with Crippen LogP contribution in [0, 0.1) is 0 Å². The minimum atomic E-state index is -0.346. The predicted molar refractivity (Wildman–Crippen MR) is 75.2 cm³/mol. The molecule has 0 heterocycles. The summed E-state index contributed by atoms with van der Waals surface area (Å²) >= 11 is 0. The molecule has 4 nitrogen and oxygen atoms in total. The van der Waals surface area contributed by atoms with E-state index < -0.39 is 0 Å². The Hall–Kier alpha value is -1.55. The Morgan fingerprint density at radius 2 is 1.84 bits per heavy atom. The van der Waals surface area contributed by atoms with Crippen molar-refractivity contribution in [3.8, 4) is 5.75 Å². The number of hydrogen-bond acceptors (Lipinski definition) is 4. The highest BCUT2D eigenvalue weighted by Gasteiger charge is 2.08. The van der Waals surface area contributed by atoms with Gasteiger partial charge in [-0.3, -0.25) is 0 Å². The molecular weight excluding hydrogens is 242 g/mol. The molecule has 0 saturated heterocycles. The SMILES string of the molecule is CCOC(=O)COc1ccc(CNC(C)(C)C)cc1. The van der Waals surface area contributed by atoms with E-state index >= 15 is 0 Å². The lowest BCUT2D eigenvalue weighted by Gasteiger charge is -2.20. The molecular formula is C15H23NO3. The smallest absolute Gasteiger partial charge is 0.344 e. The molecule has 0 atom stereocenters. The summed E-state index contributed by atoms with van der Waals surface area (Å²) in [6, 6.07) is 7.69. The van der Waals surface area contributed by atoms with Crippen LogP contribution < -0.4 is 10.1 Å². The summed E-state index contributed by atoms with van der Waals surface area (Å²) in [4.78, 5) is 11.1. The van der Waals surface area contributed by atoms with Crippen molar-refractivity contribution in [2.24, 2.45) is 0 Å². The first-order valence-corrected chi connectivity index (χ1v) is 6.53. The lowest BCUT2D eigenvalue weighted by Crippen LogP contribution is -2.35. The third-order valence-electron chi connectivity index (χ3n) is 2.41. The van der Waals surface area contributed by atoms with Gasteiger partial charge in [0.05, 0.1) is 6.61 Å². The molecule has 0 bridgehead atoms. The number of hydrogen-bond donors (Lipinski definition) is 1. The zero-order valence-electron chi connectivity index (χ0n) is 12.2. The number of ether oxygens (including phenoxy) is 2. The maximum atomic E-state index is 11.1. The number of carbonyl (C=O) groups is 1. The molecule has 1 aromatic rings. The molecule has 1 aromatic carbocycles. The molecule has 1 N–H and O–H groups in total. The van der Waals surface area contributed by atoms with Crippen LogP contribution >= 0.6 is 0 Å². The Balaban J connectivity index is 2.41. The molecule has 0 amide bonds. The van der Waals surface area contributed by atoms with Crippen LogP contribution in [-0.4, -0.2) is 24.7 Å². The van der Waals surface area contributed by atoms with E-state index in [4.69, 9.17) is 9.47 Å². The Bertz CT molecular complexity index is 393. The fourth-order valence-corrected chi connectivity index (χ4v) is 1.42. The van der Waals surface area contributed by atoms with Gasteiger partial charge in [0.2, 0.25) is 0 Å². The van der Waals surface area contributed by atoms with E-state index in [1.165, 1.54) is 5.56 Å². The molecule has 1 rings (SSSR count). The van der Waals surface area contributed by atoms with Gasteiger partial charge in [-0.25, -0.2) is 4.79 Å². The van der Waals surface area contributed by atoms with Crippen molar-refractivity contribution in [1.29, 1.82) is 0 Å². The maximum Gasteiger partial charge on any atom is 0.344 e. The van der Waals surface area contributed by atoms with Crippen molar-refractivity contribution in [2.45, 2.75) is 39.8 Å². The molecule has 0 fully saturated rings. The van der Waals surface area contributed by atoms with Crippen LogP contribution in [0.4, 0.5) is 0 Å². The van der Waals surface area contributed by atoms with Gasteiger partial charge in [0.1, 0.15) is 5.75 Å². The number of carbonyl (C=O) groups excluding carboxylic acids is 1.